The molecule has 1 heterocycles. The van der Waals surface area contributed by atoms with Crippen LogP contribution in [0.4, 0.5) is 5.69 Å². The first-order valence-electron chi connectivity index (χ1n) is 6.29. The van der Waals surface area contributed by atoms with E-state index in [9.17, 15) is 4.79 Å². The van der Waals surface area contributed by atoms with E-state index < -0.39 is 0 Å². The normalized spacial score (nSPS) is 18.1. The number of unbranched alkanes of at least 4 members (excludes halogenated alkanes) is 1. The van der Waals surface area contributed by atoms with E-state index in [0.29, 0.717) is 0 Å². The van der Waals surface area contributed by atoms with Gasteiger partial charge in [0.1, 0.15) is 6.04 Å². The van der Waals surface area contributed by atoms with E-state index in [0.717, 1.165) is 36.2 Å². The van der Waals surface area contributed by atoms with Gasteiger partial charge in [0.05, 0.1) is 0 Å². The Kier molecular flexibility index (Phi) is 3.48. The number of fused-ring (bicyclic) bond motifs is 1. The summed E-state index contributed by atoms with van der Waals surface area (Å²) in [5, 5.41) is 6.33. The fraction of sp³-hybridized carbons (Fsp3) is 0.500. The SMILES string of the molecule is CCCCNC1C(=O)Nc2c(C)ccc(C)c21. The van der Waals surface area contributed by atoms with Gasteiger partial charge < -0.3 is 10.6 Å². The van der Waals surface area contributed by atoms with Gasteiger partial charge in [0.25, 0.3) is 0 Å². The Balaban J connectivity index is 2.26. The molecule has 3 nitrogen and oxygen atoms in total. The van der Waals surface area contributed by atoms with Crippen molar-refractivity contribution in [2.75, 3.05) is 11.9 Å². The van der Waals surface area contributed by atoms with Gasteiger partial charge in [0.15, 0.2) is 0 Å². The molecule has 0 radical (unpaired) electrons. The molecular weight excluding hydrogens is 212 g/mol. The lowest BCUT2D eigenvalue weighted by atomic mass is 9.99. The third-order valence-electron chi connectivity index (χ3n) is 3.35. The molecule has 1 unspecified atom stereocenters. The van der Waals surface area contributed by atoms with Crippen molar-refractivity contribution in [3.8, 4) is 0 Å². The minimum Gasteiger partial charge on any atom is -0.324 e. The Hall–Kier alpha value is -1.35. The molecule has 1 aliphatic rings. The van der Waals surface area contributed by atoms with Crippen LogP contribution in [0.3, 0.4) is 0 Å². The van der Waals surface area contributed by atoms with E-state index in [1.165, 1.54) is 5.56 Å². The summed E-state index contributed by atoms with van der Waals surface area (Å²) < 4.78 is 0. The van der Waals surface area contributed by atoms with Gasteiger partial charge in [-0.05, 0) is 37.9 Å². The molecule has 17 heavy (non-hydrogen) atoms. The molecular formula is C14H20N2O. The number of hydrogen-bond acceptors (Lipinski definition) is 2. The quantitative estimate of drug-likeness (QED) is 0.784. The molecule has 2 rings (SSSR count). The van der Waals surface area contributed by atoms with Crippen LogP contribution in [0, 0.1) is 13.8 Å². The summed E-state index contributed by atoms with van der Waals surface area (Å²) in [6.07, 6.45) is 2.24. The lowest BCUT2D eigenvalue weighted by molar-refractivity contribution is -0.117. The van der Waals surface area contributed by atoms with Crippen LogP contribution in [0.1, 0.15) is 42.5 Å². The first-order valence-corrected chi connectivity index (χ1v) is 6.29. The summed E-state index contributed by atoms with van der Waals surface area (Å²) in [6, 6.07) is 3.97. The Morgan fingerprint density at radius 3 is 2.71 bits per heavy atom. The number of hydrogen-bond donors (Lipinski definition) is 2. The van der Waals surface area contributed by atoms with Crippen molar-refractivity contribution >= 4 is 11.6 Å². The molecule has 1 atom stereocenters. The molecule has 0 fully saturated rings. The van der Waals surface area contributed by atoms with Crippen LogP contribution in [0.15, 0.2) is 12.1 Å². The fourth-order valence-corrected chi connectivity index (χ4v) is 2.32. The van der Waals surface area contributed by atoms with Crippen LogP contribution in [0.25, 0.3) is 0 Å². The Morgan fingerprint density at radius 2 is 2.00 bits per heavy atom. The minimum absolute atomic E-state index is 0.0773. The van der Waals surface area contributed by atoms with Gasteiger partial charge >= 0.3 is 0 Å². The maximum atomic E-state index is 12.0. The molecule has 2 N–H and O–H groups in total. The van der Waals surface area contributed by atoms with Crippen LogP contribution >= 0.6 is 0 Å². The maximum absolute atomic E-state index is 12.0. The zero-order chi connectivity index (χ0) is 12.4. The molecule has 0 saturated heterocycles. The summed E-state index contributed by atoms with van der Waals surface area (Å²) in [5.74, 6) is 0.0773. The van der Waals surface area contributed by atoms with Crippen molar-refractivity contribution in [3.63, 3.8) is 0 Å². The molecule has 0 bridgehead atoms. The number of aryl methyl sites for hydroxylation is 2. The number of nitrogens with one attached hydrogen (secondary N) is 2. The smallest absolute Gasteiger partial charge is 0.246 e. The van der Waals surface area contributed by atoms with Crippen molar-refractivity contribution in [1.82, 2.24) is 5.32 Å². The molecule has 1 amide bonds. The molecule has 92 valence electrons. The summed E-state index contributed by atoms with van der Waals surface area (Å²) in [7, 11) is 0. The Labute approximate surface area is 103 Å². The summed E-state index contributed by atoms with van der Waals surface area (Å²) >= 11 is 0. The van der Waals surface area contributed by atoms with Gasteiger partial charge in [-0.2, -0.15) is 0 Å². The number of benzene rings is 1. The highest BCUT2D eigenvalue weighted by atomic mass is 16.2. The van der Waals surface area contributed by atoms with Crippen LogP contribution in [0.5, 0.6) is 0 Å². The predicted molar refractivity (Wildman–Crippen MR) is 70.2 cm³/mol. The second-order valence-electron chi connectivity index (χ2n) is 4.72. The molecule has 0 spiro atoms. The highest BCUT2D eigenvalue weighted by Crippen LogP contribution is 2.35. The van der Waals surface area contributed by atoms with Gasteiger partial charge in [-0.3, -0.25) is 4.79 Å². The van der Waals surface area contributed by atoms with Crippen molar-refractivity contribution in [2.45, 2.75) is 39.7 Å². The van der Waals surface area contributed by atoms with Gasteiger partial charge in [0, 0.05) is 11.3 Å². The van der Waals surface area contributed by atoms with E-state index in [1.807, 2.05) is 6.92 Å². The van der Waals surface area contributed by atoms with Gasteiger partial charge in [-0.25, -0.2) is 0 Å². The molecule has 0 saturated carbocycles. The van der Waals surface area contributed by atoms with Crippen molar-refractivity contribution in [2.24, 2.45) is 0 Å². The Morgan fingerprint density at radius 1 is 1.29 bits per heavy atom. The third kappa shape index (κ3) is 2.20. The zero-order valence-corrected chi connectivity index (χ0v) is 10.8. The number of amides is 1. The topological polar surface area (TPSA) is 41.1 Å². The number of carbonyl (C=O) groups excluding carboxylic acids is 1. The van der Waals surface area contributed by atoms with Crippen LogP contribution in [0.2, 0.25) is 0 Å². The monoisotopic (exact) mass is 232 g/mol. The molecule has 0 aromatic heterocycles. The Bertz CT molecular complexity index is 440. The highest BCUT2D eigenvalue weighted by Gasteiger charge is 2.32. The second kappa shape index (κ2) is 4.88. The van der Waals surface area contributed by atoms with Gasteiger partial charge in [0.2, 0.25) is 5.91 Å². The third-order valence-corrected chi connectivity index (χ3v) is 3.35. The lowest BCUT2D eigenvalue weighted by Crippen LogP contribution is -2.28. The molecule has 1 aliphatic heterocycles. The second-order valence-corrected chi connectivity index (χ2v) is 4.72. The fourth-order valence-electron chi connectivity index (χ4n) is 2.32. The van der Waals surface area contributed by atoms with E-state index in [2.05, 4.69) is 36.6 Å². The van der Waals surface area contributed by atoms with Crippen molar-refractivity contribution in [3.05, 3.63) is 28.8 Å². The van der Waals surface area contributed by atoms with Crippen LogP contribution in [-0.2, 0) is 4.79 Å². The van der Waals surface area contributed by atoms with Crippen molar-refractivity contribution < 1.29 is 4.79 Å². The van der Waals surface area contributed by atoms with Crippen LogP contribution in [-0.4, -0.2) is 12.5 Å². The minimum atomic E-state index is -0.170. The largest absolute Gasteiger partial charge is 0.324 e. The van der Waals surface area contributed by atoms with E-state index >= 15 is 0 Å². The molecule has 1 aromatic carbocycles. The standard InChI is InChI=1S/C14H20N2O/c1-4-5-8-15-13-11-9(2)6-7-10(3)12(11)16-14(13)17/h6-7,13,15H,4-5,8H2,1-3H3,(H,16,17). The first-order chi connectivity index (χ1) is 8.15. The summed E-state index contributed by atoms with van der Waals surface area (Å²) in [5.41, 5.74) is 4.45. The maximum Gasteiger partial charge on any atom is 0.246 e. The number of carbonyl (C=O) groups is 1. The van der Waals surface area contributed by atoms with Crippen LogP contribution < -0.4 is 10.6 Å². The van der Waals surface area contributed by atoms with E-state index in [1.54, 1.807) is 0 Å². The summed E-state index contributed by atoms with van der Waals surface area (Å²) in [6.45, 7) is 7.14. The predicted octanol–water partition coefficient (Wildman–Crippen LogP) is 2.69. The first kappa shape index (κ1) is 12.1. The van der Waals surface area contributed by atoms with Gasteiger partial charge in [-0.1, -0.05) is 25.5 Å². The average Bonchev–Trinajstić information content (AvgIpc) is 2.63. The molecule has 0 aliphatic carbocycles. The summed E-state index contributed by atoms with van der Waals surface area (Å²) in [4.78, 5) is 12.0. The molecule has 1 aromatic rings. The van der Waals surface area contributed by atoms with E-state index in [4.69, 9.17) is 0 Å². The lowest BCUT2D eigenvalue weighted by Gasteiger charge is -2.13. The zero-order valence-electron chi connectivity index (χ0n) is 10.8. The molecule has 3 heteroatoms. The van der Waals surface area contributed by atoms with E-state index in [-0.39, 0.29) is 11.9 Å². The number of rotatable bonds is 4. The van der Waals surface area contributed by atoms with Crippen molar-refractivity contribution in [1.29, 1.82) is 0 Å². The van der Waals surface area contributed by atoms with Gasteiger partial charge in [-0.15, -0.1) is 0 Å². The number of anilines is 1. The average molecular weight is 232 g/mol. The highest BCUT2D eigenvalue weighted by molar-refractivity contribution is 6.03.